The van der Waals surface area contributed by atoms with Gasteiger partial charge in [0.1, 0.15) is 0 Å². The van der Waals surface area contributed by atoms with Crippen molar-refractivity contribution in [3.63, 3.8) is 0 Å². The maximum Gasteiger partial charge on any atom is 0.314 e. The van der Waals surface area contributed by atoms with Gasteiger partial charge in [-0.25, -0.2) is 0 Å². The molecule has 0 aliphatic heterocycles. The summed E-state index contributed by atoms with van der Waals surface area (Å²) in [5, 5.41) is 11.6. The van der Waals surface area contributed by atoms with E-state index in [9.17, 15) is 9.90 Å². The SMILES string of the molecule is CC(C)(C)c1cncc2cc(C3(C(=O)O)CC3)ccc12. The van der Waals surface area contributed by atoms with Gasteiger partial charge in [-0.15, -0.1) is 0 Å². The Morgan fingerprint density at radius 3 is 2.50 bits per heavy atom. The Morgan fingerprint density at radius 1 is 1.25 bits per heavy atom. The van der Waals surface area contributed by atoms with Crippen molar-refractivity contribution < 1.29 is 9.90 Å². The van der Waals surface area contributed by atoms with Gasteiger partial charge in [-0.05, 0) is 40.8 Å². The predicted octanol–water partition coefficient (Wildman–Crippen LogP) is 3.65. The van der Waals surface area contributed by atoms with Gasteiger partial charge in [0, 0.05) is 17.8 Å². The van der Waals surface area contributed by atoms with Gasteiger partial charge in [0.25, 0.3) is 0 Å². The van der Waals surface area contributed by atoms with Gasteiger partial charge in [-0.2, -0.15) is 0 Å². The Morgan fingerprint density at radius 2 is 1.95 bits per heavy atom. The minimum absolute atomic E-state index is 0.0259. The summed E-state index contributed by atoms with van der Waals surface area (Å²) in [5.74, 6) is -0.711. The van der Waals surface area contributed by atoms with E-state index in [0.29, 0.717) is 0 Å². The van der Waals surface area contributed by atoms with E-state index in [0.717, 1.165) is 29.2 Å². The first-order chi connectivity index (χ1) is 9.34. The average molecular weight is 269 g/mol. The van der Waals surface area contributed by atoms with Gasteiger partial charge in [-0.3, -0.25) is 9.78 Å². The number of hydrogen-bond acceptors (Lipinski definition) is 2. The van der Waals surface area contributed by atoms with Crippen LogP contribution in [0.2, 0.25) is 0 Å². The molecule has 1 N–H and O–H groups in total. The number of fused-ring (bicyclic) bond motifs is 1. The van der Waals surface area contributed by atoms with Crippen molar-refractivity contribution in [2.75, 3.05) is 0 Å². The van der Waals surface area contributed by atoms with Gasteiger partial charge >= 0.3 is 5.97 Å². The normalized spacial score (nSPS) is 17.1. The van der Waals surface area contributed by atoms with Crippen LogP contribution in [0.3, 0.4) is 0 Å². The molecular formula is C17H19NO2. The highest BCUT2D eigenvalue weighted by molar-refractivity contribution is 5.90. The van der Waals surface area contributed by atoms with Crippen LogP contribution in [0.4, 0.5) is 0 Å². The zero-order valence-corrected chi connectivity index (χ0v) is 12.1. The van der Waals surface area contributed by atoms with Crippen LogP contribution < -0.4 is 0 Å². The molecule has 3 heteroatoms. The van der Waals surface area contributed by atoms with Crippen LogP contribution in [0.15, 0.2) is 30.6 Å². The van der Waals surface area contributed by atoms with Crippen LogP contribution in [-0.4, -0.2) is 16.1 Å². The first-order valence-electron chi connectivity index (χ1n) is 6.97. The fraction of sp³-hybridized carbons (Fsp3) is 0.412. The van der Waals surface area contributed by atoms with Crippen LogP contribution in [0.25, 0.3) is 10.8 Å². The van der Waals surface area contributed by atoms with Gasteiger partial charge in [0.05, 0.1) is 5.41 Å². The molecule has 1 aromatic carbocycles. The standard InChI is InChI=1S/C17H19NO2/c1-16(2,3)14-10-18-9-11-8-12(4-5-13(11)14)17(6-7-17)15(19)20/h4-5,8-10H,6-7H2,1-3H3,(H,19,20). The number of benzene rings is 1. The molecule has 1 heterocycles. The molecule has 20 heavy (non-hydrogen) atoms. The third kappa shape index (κ3) is 1.89. The summed E-state index contributed by atoms with van der Waals surface area (Å²) in [7, 11) is 0. The van der Waals surface area contributed by atoms with E-state index in [-0.39, 0.29) is 5.41 Å². The van der Waals surface area contributed by atoms with E-state index in [1.54, 1.807) is 0 Å². The van der Waals surface area contributed by atoms with Crippen LogP contribution in [-0.2, 0) is 15.6 Å². The number of pyridine rings is 1. The summed E-state index contributed by atoms with van der Waals surface area (Å²) in [6, 6.07) is 6.02. The second kappa shape index (κ2) is 4.05. The van der Waals surface area contributed by atoms with Gasteiger partial charge in [0.15, 0.2) is 0 Å². The lowest BCUT2D eigenvalue weighted by Crippen LogP contribution is -2.19. The maximum absolute atomic E-state index is 11.4. The largest absolute Gasteiger partial charge is 0.481 e. The lowest BCUT2D eigenvalue weighted by atomic mass is 9.84. The number of hydrogen-bond donors (Lipinski definition) is 1. The topological polar surface area (TPSA) is 50.2 Å². The maximum atomic E-state index is 11.4. The lowest BCUT2D eigenvalue weighted by Gasteiger charge is -2.21. The summed E-state index contributed by atoms with van der Waals surface area (Å²) < 4.78 is 0. The Bertz CT molecular complexity index is 694. The zero-order valence-electron chi connectivity index (χ0n) is 12.1. The number of rotatable bonds is 2. The van der Waals surface area contributed by atoms with Gasteiger partial charge < -0.3 is 5.11 Å². The highest BCUT2D eigenvalue weighted by atomic mass is 16.4. The van der Waals surface area contributed by atoms with Crippen molar-refractivity contribution >= 4 is 16.7 Å². The van der Waals surface area contributed by atoms with E-state index in [1.807, 2.05) is 24.5 Å². The van der Waals surface area contributed by atoms with E-state index in [2.05, 4.69) is 31.8 Å². The highest BCUT2D eigenvalue weighted by Gasteiger charge is 2.51. The van der Waals surface area contributed by atoms with E-state index >= 15 is 0 Å². The predicted molar refractivity (Wildman–Crippen MR) is 79.0 cm³/mol. The monoisotopic (exact) mass is 269 g/mol. The molecule has 2 aromatic rings. The van der Waals surface area contributed by atoms with Crippen LogP contribution >= 0.6 is 0 Å². The Kier molecular flexibility index (Phi) is 2.65. The van der Waals surface area contributed by atoms with Crippen LogP contribution in [0, 0.1) is 0 Å². The number of aromatic nitrogens is 1. The Balaban J connectivity index is 2.17. The molecule has 1 aromatic heterocycles. The minimum Gasteiger partial charge on any atom is -0.481 e. The average Bonchev–Trinajstić information content (AvgIpc) is 3.17. The van der Waals surface area contributed by atoms with E-state index < -0.39 is 11.4 Å². The third-order valence-electron chi connectivity index (χ3n) is 4.28. The van der Waals surface area contributed by atoms with E-state index in [4.69, 9.17) is 0 Å². The summed E-state index contributed by atoms with van der Waals surface area (Å²) in [4.78, 5) is 15.8. The molecule has 3 rings (SSSR count). The second-order valence-corrected chi connectivity index (χ2v) is 6.76. The first kappa shape index (κ1) is 13.1. The Hall–Kier alpha value is -1.90. The molecule has 0 unspecified atom stereocenters. The first-order valence-corrected chi connectivity index (χ1v) is 6.97. The van der Waals surface area contributed by atoms with Crippen molar-refractivity contribution in [3.8, 4) is 0 Å². The third-order valence-corrected chi connectivity index (χ3v) is 4.28. The molecule has 0 amide bonds. The summed E-state index contributed by atoms with van der Waals surface area (Å²) in [6.45, 7) is 6.49. The molecule has 0 bridgehead atoms. The molecule has 0 spiro atoms. The quantitative estimate of drug-likeness (QED) is 0.905. The Labute approximate surface area is 118 Å². The summed E-state index contributed by atoms with van der Waals surface area (Å²) in [5.41, 5.74) is 1.48. The van der Waals surface area contributed by atoms with Crippen molar-refractivity contribution in [2.45, 2.75) is 44.4 Å². The molecule has 1 saturated carbocycles. The molecule has 0 radical (unpaired) electrons. The molecule has 104 valence electrons. The number of carboxylic acid groups (broad SMARTS) is 1. The molecule has 0 atom stereocenters. The van der Waals surface area contributed by atoms with Gasteiger partial charge in [0.2, 0.25) is 0 Å². The molecule has 1 aliphatic rings. The minimum atomic E-state index is -0.711. The second-order valence-electron chi connectivity index (χ2n) is 6.76. The molecule has 1 aliphatic carbocycles. The van der Waals surface area contributed by atoms with Crippen molar-refractivity contribution in [3.05, 3.63) is 41.7 Å². The molecule has 1 fully saturated rings. The number of carbonyl (C=O) groups is 1. The summed E-state index contributed by atoms with van der Waals surface area (Å²) in [6.07, 6.45) is 5.21. The smallest absolute Gasteiger partial charge is 0.314 e. The summed E-state index contributed by atoms with van der Waals surface area (Å²) >= 11 is 0. The highest BCUT2D eigenvalue weighted by Crippen LogP contribution is 2.49. The molecule has 0 saturated heterocycles. The number of nitrogens with zero attached hydrogens (tertiary/aromatic N) is 1. The number of aliphatic carboxylic acids is 1. The molecule has 3 nitrogen and oxygen atoms in total. The number of carboxylic acids is 1. The zero-order chi connectivity index (χ0) is 14.5. The fourth-order valence-electron chi connectivity index (χ4n) is 2.82. The van der Waals surface area contributed by atoms with Crippen molar-refractivity contribution in [1.29, 1.82) is 0 Å². The van der Waals surface area contributed by atoms with Crippen LogP contribution in [0.1, 0.15) is 44.7 Å². The molecular weight excluding hydrogens is 250 g/mol. The lowest BCUT2D eigenvalue weighted by molar-refractivity contribution is -0.140. The van der Waals surface area contributed by atoms with Crippen LogP contribution in [0.5, 0.6) is 0 Å². The van der Waals surface area contributed by atoms with E-state index in [1.165, 1.54) is 5.56 Å². The van der Waals surface area contributed by atoms with Crippen molar-refractivity contribution in [1.82, 2.24) is 4.98 Å². The van der Waals surface area contributed by atoms with Gasteiger partial charge in [-0.1, -0.05) is 32.9 Å². The van der Waals surface area contributed by atoms with Crippen molar-refractivity contribution in [2.24, 2.45) is 0 Å². The fourth-order valence-corrected chi connectivity index (χ4v) is 2.82.